The predicted molar refractivity (Wildman–Crippen MR) is 122 cm³/mol. The van der Waals surface area contributed by atoms with E-state index in [2.05, 4.69) is 4.72 Å². The molecule has 1 amide bonds. The molecular formula is C21H27N3O6S2. The molecule has 174 valence electrons. The Morgan fingerprint density at radius 2 is 1.81 bits per heavy atom. The smallest absolute Gasteiger partial charge is 0.244 e. The molecule has 0 spiro atoms. The van der Waals surface area contributed by atoms with Gasteiger partial charge in [0.05, 0.1) is 18.6 Å². The van der Waals surface area contributed by atoms with E-state index in [-0.39, 0.29) is 41.1 Å². The SMILES string of the molecule is COc1ccc(N2C(=O)CCS2(=O)=O)cc1S(=O)(=O)NC[C@@H](c1ccc(C)cc1)N(C)C. The van der Waals surface area contributed by atoms with Gasteiger partial charge < -0.3 is 9.64 Å². The van der Waals surface area contributed by atoms with Crippen LogP contribution in [-0.2, 0) is 24.8 Å². The zero-order chi connectivity index (χ0) is 23.7. The third-order valence-corrected chi connectivity index (χ3v) is 8.44. The molecule has 11 heteroatoms. The number of methoxy groups -OCH3 is 1. The predicted octanol–water partition coefficient (Wildman–Crippen LogP) is 1.65. The molecule has 1 fully saturated rings. The third kappa shape index (κ3) is 4.96. The highest BCUT2D eigenvalue weighted by molar-refractivity contribution is 7.94. The van der Waals surface area contributed by atoms with Crippen LogP contribution in [0.1, 0.15) is 23.6 Å². The highest BCUT2D eigenvalue weighted by Crippen LogP contribution is 2.32. The van der Waals surface area contributed by atoms with E-state index in [0.717, 1.165) is 17.2 Å². The number of benzene rings is 2. The van der Waals surface area contributed by atoms with Crippen LogP contribution >= 0.6 is 0 Å². The summed E-state index contributed by atoms with van der Waals surface area (Å²) in [4.78, 5) is 13.8. The average Bonchev–Trinajstić information content (AvgIpc) is 3.01. The van der Waals surface area contributed by atoms with Crippen molar-refractivity contribution in [1.29, 1.82) is 0 Å². The van der Waals surface area contributed by atoms with Crippen molar-refractivity contribution >= 4 is 31.6 Å². The van der Waals surface area contributed by atoms with Gasteiger partial charge in [0.25, 0.3) is 0 Å². The lowest BCUT2D eigenvalue weighted by Gasteiger charge is -2.25. The number of nitrogens with one attached hydrogen (secondary N) is 1. The Labute approximate surface area is 189 Å². The summed E-state index contributed by atoms with van der Waals surface area (Å²) in [5, 5.41) is 0. The fourth-order valence-corrected chi connectivity index (χ4v) is 6.20. The van der Waals surface area contributed by atoms with Gasteiger partial charge in [-0.1, -0.05) is 29.8 Å². The van der Waals surface area contributed by atoms with Crippen LogP contribution in [0.25, 0.3) is 0 Å². The van der Waals surface area contributed by atoms with Gasteiger partial charge in [-0.2, -0.15) is 0 Å². The summed E-state index contributed by atoms with van der Waals surface area (Å²) in [5.41, 5.74) is 2.01. The molecule has 9 nitrogen and oxygen atoms in total. The molecular weight excluding hydrogens is 454 g/mol. The Hall–Kier alpha value is -2.47. The first kappa shape index (κ1) is 24.2. The highest BCUT2D eigenvalue weighted by atomic mass is 32.2. The van der Waals surface area contributed by atoms with Crippen molar-refractivity contribution in [3.63, 3.8) is 0 Å². The van der Waals surface area contributed by atoms with E-state index in [1.807, 2.05) is 50.2 Å². The van der Waals surface area contributed by atoms with Crippen molar-refractivity contribution < 1.29 is 26.4 Å². The second-order valence-corrected chi connectivity index (χ2v) is 11.5. The number of hydrogen-bond acceptors (Lipinski definition) is 7. The summed E-state index contributed by atoms with van der Waals surface area (Å²) in [6.07, 6.45) is -0.143. The molecule has 0 saturated carbocycles. The summed E-state index contributed by atoms with van der Waals surface area (Å²) in [7, 11) is -2.89. The number of rotatable bonds is 8. The maximum absolute atomic E-state index is 13.2. The number of hydrogen-bond donors (Lipinski definition) is 1. The molecule has 1 aliphatic heterocycles. The molecule has 1 saturated heterocycles. The van der Waals surface area contributed by atoms with Gasteiger partial charge in [0.15, 0.2) is 0 Å². The molecule has 2 aromatic rings. The van der Waals surface area contributed by atoms with Gasteiger partial charge in [-0.15, -0.1) is 0 Å². The Morgan fingerprint density at radius 1 is 1.16 bits per heavy atom. The number of amides is 1. The molecule has 0 aliphatic carbocycles. The van der Waals surface area contributed by atoms with Gasteiger partial charge in [-0.25, -0.2) is 25.9 Å². The minimum Gasteiger partial charge on any atom is -0.495 e. The molecule has 2 aromatic carbocycles. The number of nitrogens with zero attached hydrogens (tertiary/aromatic N) is 2. The number of sulfonamides is 2. The fourth-order valence-electron chi connectivity index (χ4n) is 3.52. The largest absolute Gasteiger partial charge is 0.495 e. The lowest BCUT2D eigenvalue weighted by molar-refractivity contribution is -0.116. The summed E-state index contributed by atoms with van der Waals surface area (Å²) >= 11 is 0. The van der Waals surface area contributed by atoms with Gasteiger partial charge >= 0.3 is 0 Å². The molecule has 0 bridgehead atoms. The van der Waals surface area contributed by atoms with E-state index < -0.39 is 26.0 Å². The molecule has 3 rings (SSSR count). The molecule has 1 aliphatic rings. The number of carbonyl (C=O) groups is 1. The van der Waals surface area contributed by atoms with Gasteiger partial charge in [0, 0.05) is 19.0 Å². The van der Waals surface area contributed by atoms with Crippen molar-refractivity contribution in [2.45, 2.75) is 24.3 Å². The molecule has 0 aromatic heterocycles. The normalized spacial score (nSPS) is 17.0. The molecule has 0 unspecified atom stereocenters. The Balaban J connectivity index is 1.93. The van der Waals surface area contributed by atoms with Crippen LogP contribution in [0, 0.1) is 6.92 Å². The number of ether oxygens (including phenoxy) is 1. The minimum atomic E-state index is -4.09. The molecule has 1 N–H and O–H groups in total. The van der Waals surface area contributed by atoms with Crippen LogP contribution < -0.4 is 13.8 Å². The first-order valence-corrected chi connectivity index (χ1v) is 13.0. The van der Waals surface area contributed by atoms with E-state index in [4.69, 9.17) is 4.74 Å². The van der Waals surface area contributed by atoms with Gasteiger partial charge in [0.2, 0.25) is 26.0 Å². The quantitative estimate of drug-likeness (QED) is 0.610. The van der Waals surface area contributed by atoms with Gasteiger partial charge in [-0.05, 0) is 44.8 Å². The zero-order valence-electron chi connectivity index (χ0n) is 18.4. The van der Waals surface area contributed by atoms with Crippen LogP contribution in [0.15, 0.2) is 47.4 Å². The van der Waals surface area contributed by atoms with E-state index in [9.17, 15) is 21.6 Å². The Bertz CT molecular complexity index is 1210. The van der Waals surface area contributed by atoms with Gasteiger partial charge in [0.1, 0.15) is 10.6 Å². The Morgan fingerprint density at radius 3 is 2.34 bits per heavy atom. The summed E-state index contributed by atoms with van der Waals surface area (Å²) in [5.74, 6) is -0.861. The highest BCUT2D eigenvalue weighted by Gasteiger charge is 2.37. The number of likely N-dealkylation sites (N-methyl/N-ethyl adjacent to an activating group) is 1. The fraction of sp³-hybridized carbons (Fsp3) is 0.381. The first-order valence-electron chi connectivity index (χ1n) is 9.93. The third-order valence-electron chi connectivity index (χ3n) is 5.30. The van der Waals surface area contributed by atoms with Crippen molar-refractivity contribution in [1.82, 2.24) is 9.62 Å². The zero-order valence-corrected chi connectivity index (χ0v) is 20.0. The standard InChI is InChI=1S/C21H27N3O6S2/c1-15-5-7-16(8-6-15)18(23(2)3)14-22-32(28,29)20-13-17(9-10-19(20)30-4)24-21(25)11-12-31(24,26)27/h5-10,13,18,22H,11-12,14H2,1-4H3/t18-/m0/s1. The van der Waals surface area contributed by atoms with Crippen molar-refractivity contribution in [3.05, 3.63) is 53.6 Å². The van der Waals surface area contributed by atoms with E-state index in [0.29, 0.717) is 4.31 Å². The van der Waals surface area contributed by atoms with E-state index >= 15 is 0 Å². The summed E-state index contributed by atoms with van der Waals surface area (Å²) < 4.78 is 59.3. The maximum Gasteiger partial charge on any atom is 0.244 e. The molecule has 32 heavy (non-hydrogen) atoms. The second kappa shape index (κ2) is 9.18. The number of carbonyl (C=O) groups excluding carboxylic acids is 1. The molecule has 1 heterocycles. The topological polar surface area (TPSA) is 113 Å². The van der Waals surface area contributed by atoms with Crippen molar-refractivity contribution in [3.8, 4) is 5.75 Å². The lowest BCUT2D eigenvalue weighted by atomic mass is 10.0. The number of aryl methyl sites for hydroxylation is 1. The number of anilines is 1. The van der Waals surface area contributed by atoms with Crippen LogP contribution in [0.3, 0.4) is 0 Å². The average molecular weight is 482 g/mol. The minimum absolute atomic E-state index is 0.0311. The van der Waals surface area contributed by atoms with Crippen LogP contribution in [0.5, 0.6) is 5.75 Å². The van der Waals surface area contributed by atoms with Crippen molar-refractivity contribution in [2.75, 3.05) is 37.8 Å². The summed E-state index contributed by atoms with van der Waals surface area (Å²) in [6.45, 7) is 2.05. The molecule has 1 atom stereocenters. The summed E-state index contributed by atoms with van der Waals surface area (Å²) in [6, 6.07) is 11.4. The maximum atomic E-state index is 13.2. The van der Waals surface area contributed by atoms with Crippen LogP contribution in [0.2, 0.25) is 0 Å². The first-order chi connectivity index (χ1) is 15.0. The van der Waals surface area contributed by atoms with Gasteiger partial charge in [-0.3, -0.25) is 4.79 Å². The Kier molecular flexibility index (Phi) is 6.94. The van der Waals surface area contributed by atoms with Crippen LogP contribution in [-0.4, -0.2) is 61.1 Å². The van der Waals surface area contributed by atoms with Crippen molar-refractivity contribution in [2.24, 2.45) is 0 Å². The van der Waals surface area contributed by atoms with Crippen LogP contribution in [0.4, 0.5) is 5.69 Å². The molecule has 0 radical (unpaired) electrons. The second-order valence-electron chi connectivity index (χ2n) is 7.80. The van der Waals surface area contributed by atoms with E-state index in [1.54, 1.807) is 0 Å². The van der Waals surface area contributed by atoms with E-state index in [1.165, 1.54) is 19.2 Å². The lowest BCUT2D eigenvalue weighted by Crippen LogP contribution is -2.35. The monoisotopic (exact) mass is 481 g/mol.